The van der Waals surface area contributed by atoms with Gasteiger partial charge in [-0.1, -0.05) is 22.0 Å². The summed E-state index contributed by atoms with van der Waals surface area (Å²) < 4.78 is 28.6. The lowest BCUT2D eigenvalue weighted by Crippen LogP contribution is -2.26. The van der Waals surface area contributed by atoms with Crippen LogP contribution in [0.5, 0.6) is 0 Å². The van der Waals surface area contributed by atoms with Crippen molar-refractivity contribution in [2.75, 3.05) is 0 Å². The zero-order chi connectivity index (χ0) is 15.0. The lowest BCUT2D eigenvalue weighted by molar-refractivity contribution is 0.430. The van der Waals surface area contributed by atoms with Crippen LogP contribution < -0.4 is 5.73 Å². The van der Waals surface area contributed by atoms with Crippen LogP contribution >= 0.6 is 15.9 Å². The van der Waals surface area contributed by atoms with Gasteiger partial charge in [-0.25, -0.2) is 8.78 Å². The van der Waals surface area contributed by atoms with Crippen LogP contribution in [-0.4, -0.2) is 4.98 Å². The number of pyridine rings is 1. The average Bonchev–Trinajstić information content (AvgIpc) is 2.45. The second-order valence-corrected chi connectivity index (χ2v) is 6.27. The molecule has 1 aromatic heterocycles. The van der Waals surface area contributed by atoms with Gasteiger partial charge in [-0.05, 0) is 43.0 Å². The van der Waals surface area contributed by atoms with E-state index < -0.39 is 17.7 Å². The van der Waals surface area contributed by atoms with E-state index in [9.17, 15) is 8.78 Å². The molecule has 0 aliphatic heterocycles. The van der Waals surface area contributed by atoms with E-state index in [1.807, 2.05) is 12.1 Å². The molecule has 2 atom stereocenters. The molecular formula is C16H15BrF2N2. The van der Waals surface area contributed by atoms with Gasteiger partial charge in [-0.3, -0.25) is 4.98 Å². The monoisotopic (exact) mass is 352 g/mol. The third-order valence-electron chi connectivity index (χ3n) is 4.05. The maximum atomic E-state index is 14.1. The Morgan fingerprint density at radius 3 is 2.71 bits per heavy atom. The first-order valence-electron chi connectivity index (χ1n) is 6.91. The zero-order valence-corrected chi connectivity index (χ0v) is 12.9. The second kappa shape index (κ2) is 5.81. The number of aryl methyl sites for hydroxylation is 1. The molecule has 0 amide bonds. The van der Waals surface area contributed by atoms with Crippen molar-refractivity contribution >= 4 is 15.9 Å². The maximum Gasteiger partial charge on any atom is 0.132 e. The molecular weight excluding hydrogens is 338 g/mol. The highest BCUT2D eigenvalue weighted by atomic mass is 79.9. The Morgan fingerprint density at radius 2 is 2.00 bits per heavy atom. The highest BCUT2D eigenvalue weighted by Gasteiger charge is 2.31. The fourth-order valence-electron chi connectivity index (χ4n) is 3.07. The minimum atomic E-state index is -0.730. The van der Waals surface area contributed by atoms with Gasteiger partial charge in [0, 0.05) is 33.9 Å². The van der Waals surface area contributed by atoms with Crippen molar-refractivity contribution in [2.24, 2.45) is 5.73 Å². The number of fused-ring (bicyclic) bond motifs is 1. The summed E-state index contributed by atoms with van der Waals surface area (Å²) in [6.45, 7) is 0. The molecule has 1 aliphatic carbocycles. The van der Waals surface area contributed by atoms with Crippen molar-refractivity contribution in [2.45, 2.75) is 31.2 Å². The zero-order valence-electron chi connectivity index (χ0n) is 11.3. The summed E-state index contributed by atoms with van der Waals surface area (Å²) in [7, 11) is 0. The molecule has 1 aliphatic rings. The summed E-state index contributed by atoms with van der Waals surface area (Å²) in [5.74, 6) is -1.38. The van der Waals surface area contributed by atoms with Gasteiger partial charge in [0.1, 0.15) is 11.6 Å². The standard InChI is InChI=1S/C16H15BrF2N2/c17-10-7-12(18)14(13(19)8-10)15(20)11-5-1-3-9-4-2-6-21-16(9)11/h2,4,6-8,11,15H,1,3,5,20H2. The van der Waals surface area contributed by atoms with Gasteiger partial charge in [0.15, 0.2) is 0 Å². The number of aromatic nitrogens is 1. The third kappa shape index (κ3) is 2.72. The molecule has 3 rings (SSSR count). The fourth-order valence-corrected chi connectivity index (χ4v) is 3.47. The largest absolute Gasteiger partial charge is 0.323 e. The van der Waals surface area contributed by atoms with Crippen LogP contribution in [0.4, 0.5) is 8.78 Å². The van der Waals surface area contributed by atoms with E-state index in [0.29, 0.717) is 4.47 Å². The highest BCUT2D eigenvalue weighted by Crippen LogP contribution is 2.39. The van der Waals surface area contributed by atoms with E-state index in [2.05, 4.69) is 20.9 Å². The summed E-state index contributed by atoms with van der Waals surface area (Å²) >= 11 is 3.08. The van der Waals surface area contributed by atoms with Gasteiger partial charge < -0.3 is 5.73 Å². The number of rotatable bonds is 2. The summed E-state index contributed by atoms with van der Waals surface area (Å²) in [6, 6.07) is 5.66. The molecule has 2 nitrogen and oxygen atoms in total. The Labute approximate surface area is 130 Å². The number of benzene rings is 1. The van der Waals surface area contributed by atoms with E-state index >= 15 is 0 Å². The lowest BCUT2D eigenvalue weighted by Gasteiger charge is -2.29. The van der Waals surface area contributed by atoms with Gasteiger partial charge >= 0.3 is 0 Å². The summed E-state index contributed by atoms with van der Waals surface area (Å²) in [5.41, 5.74) is 8.15. The lowest BCUT2D eigenvalue weighted by atomic mass is 9.80. The van der Waals surface area contributed by atoms with Crippen molar-refractivity contribution in [3.05, 3.63) is 63.4 Å². The molecule has 0 saturated heterocycles. The minimum Gasteiger partial charge on any atom is -0.323 e. The van der Waals surface area contributed by atoms with Crippen LogP contribution in [0.25, 0.3) is 0 Å². The van der Waals surface area contributed by atoms with Gasteiger partial charge in [-0.15, -0.1) is 0 Å². The predicted octanol–water partition coefficient (Wildman–Crippen LogP) is 4.24. The van der Waals surface area contributed by atoms with E-state index in [1.165, 1.54) is 12.1 Å². The van der Waals surface area contributed by atoms with Gasteiger partial charge in [-0.2, -0.15) is 0 Å². The third-order valence-corrected chi connectivity index (χ3v) is 4.51. The summed E-state index contributed by atoms with van der Waals surface area (Å²) in [4.78, 5) is 4.39. The second-order valence-electron chi connectivity index (χ2n) is 5.36. The first kappa shape index (κ1) is 14.6. The average molecular weight is 353 g/mol. The van der Waals surface area contributed by atoms with Gasteiger partial charge in [0.25, 0.3) is 0 Å². The number of hydrogen-bond donors (Lipinski definition) is 1. The smallest absolute Gasteiger partial charge is 0.132 e. The molecule has 5 heteroatoms. The molecule has 0 fully saturated rings. The predicted molar refractivity (Wildman–Crippen MR) is 80.9 cm³/mol. The molecule has 0 radical (unpaired) electrons. The first-order valence-corrected chi connectivity index (χ1v) is 7.71. The van der Waals surface area contributed by atoms with Crippen molar-refractivity contribution in [1.82, 2.24) is 4.98 Å². The Bertz CT molecular complexity index is 652. The van der Waals surface area contributed by atoms with E-state index in [1.54, 1.807) is 6.20 Å². The Morgan fingerprint density at radius 1 is 1.29 bits per heavy atom. The molecule has 0 spiro atoms. The van der Waals surface area contributed by atoms with Crippen LogP contribution in [0.2, 0.25) is 0 Å². The molecule has 2 aromatic rings. The van der Waals surface area contributed by atoms with Crippen LogP contribution in [0, 0.1) is 11.6 Å². The normalized spacial score (nSPS) is 19.1. The van der Waals surface area contributed by atoms with Crippen LogP contribution in [0.3, 0.4) is 0 Å². The van der Waals surface area contributed by atoms with Crippen LogP contribution in [0.1, 0.15) is 41.6 Å². The molecule has 0 saturated carbocycles. The highest BCUT2D eigenvalue weighted by molar-refractivity contribution is 9.10. The van der Waals surface area contributed by atoms with Crippen LogP contribution in [0.15, 0.2) is 34.9 Å². The van der Waals surface area contributed by atoms with E-state index in [4.69, 9.17) is 5.73 Å². The van der Waals surface area contributed by atoms with Gasteiger partial charge in [0.05, 0.1) is 0 Å². The summed E-state index contributed by atoms with van der Waals surface area (Å²) in [5, 5.41) is 0. The van der Waals surface area contributed by atoms with Crippen molar-refractivity contribution in [3.63, 3.8) is 0 Å². The number of hydrogen-bond acceptors (Lipinski definition) is 2. The summed E-state index contributed by atoms with van der Waals surface area (Å²) in [6.07, 6.45) is 4.40. The molecule has 2 N–H and O–H groups in total. The number of nitrogens with zero attached hydrogens (tertiary/aromatic N) is 1. The van der Waals surface area contributed by atoms with Crippen molar-refractivity contribution < 1.29 is 8.78 Å². The molecule has 0 bridgehead atoms. The minimum absolute atomic E-state index is 0.0540. The fraction of sp³-hybridized carbons (Fsp3) is 0.312. The number of halogens is 3. The Hall–Kier alpha value is -1.33. The molecule has 110 valence electrons. The maximum absolute atomic E-state index is 14.1. The molecule has 1 aromatic carbocycles. The van der Waals surface area contributed by atoms with E-state index in [-0.39, 0.29) is 11.5 Å². The first-order chi connectivity index (χ1) is 10.1. The van der Waals surface area contributed by atoms with Crippen LogP contribution in [-0.2, 0) is 6.42 Å². The molecule has 1 heterocycles. The van der Waals surface area contributed by atoms with Crippen molar-refractivity contribution in [1.29, 1.82) is 0 Å². The quantitative estimate of drug-likeness (QED) is 0.877. The topological polar surface area (TPSA) is 38.9 Å². The molecule has 21 heavy (non-hydrogen) atoms. The Kier molecular flexibility index (Phi) is 4.04. The van der Waals surface area contributed by atoms with E-state index in [0.717, 1.165) is 30.5 Å². The van der Waals surface area contributed by atoms with Gasteiger partial charge in [0.2, 0.25) is 0 Å². The Balaban J connectivity index is 2.03. The molecule has 2 unspecified atom stereocenters. The van der Waals surface area contributed by atoms with Crippen molar-refractivity contribution in [3.8, 4) is 0 Å². The number of nitrogens with two attached hydrogens (primary N) is 1. The SMILES string of the molecule is NC(c1c(F)cc(Br)cc1F)C1CCCc2cccnc21.